The van der Waals surface area contributed by atoms with Gasteiger partial charge in [-0.25, -0.2) is 0 Å². The van der Waals surface area contributed by atoms with Gasteiger partial charge in [0.15, 0.2) is 0 Å². The minimum Gasteiger partial charge on any atom is -0.370 e. The molecule has 0 saturated carbocycles. The van der Waals surface area contributed by atoms with Crippen molar-refractivity contribution in [3.05, 3.63) is 35.4 Å². The van der Waals surface area contributed by atoms with E-state index in [1.54, 1.807) is 0 Å². The van der Waals surface area contributed by atoms with E-state index < -0.39 is 0 Å². The van der Waals surface area contributed by atoms with Gasteiger partial charge >= 0.3 is 0 Å². The number of carbonyl (C=O) groups is 1. The molecule has 2 N–H and O–H groups in total. The van der Waals surface area contributed by atoms with Gasteiger partial charge in [-0.2, -0.15) is 0 Å². The van der Waals surface area contributed by atoms with Crippen LogP contribution in [0.2, 0.25) is 0 Å². The Labute approximate surface area is 73.4 Å². The van der Waals surface area contributed by atoms with Crippen molar-refractivity contribution in [1.29, 1.82) is 0 Å². The number of rotatable bonds is 0. The molecule has 0 spiro atoms. The number of carbonyl (C=O) groups excluding carboxylic acids is 1. The van der Waals surface area contributed by atoms with Crippen molar-refractivity contribution in [3.63, 3.8) is 0 Å². The van der Waals surface area contributed by atoms with Gasteiger partial charge in [-0.1, -0.05) is 35.4 Å². The van der Waals surface area contributed by atoms with E-state index in [2.05, 4.69) is 43.8 Å². The van der Waals surface area contributed by atoms with Crippen LogP contribution in [0.4, 0.5) is 0 Å². The first-order valence-corrected chi connectivity index (χ1v) is 3.81. The number of hydrogen-bond donors (Lipinski definition) is 1. The summed E-state index contributed by atoms with van der Waals surface area (Å²) in [5, 5.41) is 0. The first-order valence-electron chi connectivity index (χ1n) is 3.81. The molecule has 0 radical (unpaired) electrons. The monoisotopic (exact) mass is 165 g/mol. The van der Waals surface area contributed by atoms with Crippen molar-refractivity contribution in [2.24, 2.45) is 5.73 Å². The first kappa shape index (κ1) is 10.7. The zero-order valence-electron chi connectivity index (χ0n) is 7.79. The van der Waals surface area contributed by atoms with E-state index in [-0.39, 0.29) is 5.91 Å². The average Bonchev–Trinajstić information content (AvgIpc) is 1.84. The molecule has 1 amide bonds. The minimum atomic E-state index is -0.333. The highest BCUT2D eigenvalue weighted by Gasteiger charge is 1.80. The van der Waals surface area contributed by atoms with Crippen LogP contribution >= 0.6 is 0 Å². The molecule has 0 bridgehead atoms. The molecule has 1 aromatic carbocycles. The smallest absolute Gasteiger partial charge is 0.214 e. The Morgan fingerprint density at radius 1 is 1.25 bits per heavy atom. The van der Waals surface area contributed by atoms with Crippen LogP contribution in [0.1, 0.15) is 18.1 Å². The van der Waals surface area contributed by atoms with Crippen LogP contribution in [0.3, 0.4) is 0 Å². The standard InChI is InChI=1S/C8H10.C2H5NO/c1-7-4-3-5-8(2)6-7;1-2(3)4/h3-6H,1-2H3;1H3,(H2,3,4). The van der Waals surface area contributed by atoms with Gasteiger partial charge in [0.05, 0.1) is 0 Å². The molecule has 0 aliphatic carbocycles. The third-order valence-electron chi connectivity index (χ3n) is 1.17. The van der Waals surface area contributed by atoms with Gasteiger partial charge in [0, 0.05) is 6.92 Å². The molecule has 1 rings (SSSR count). The maximum atomic E-state index is 9.22. The predicted molar refractivity (Wildman–Crippen MR) is 50.8 cm³/mol. The van der Waals surface area contributed by atoms with Crippen LogP contribution in [-0.4, -0.2) is 5.91 Å². The highest BCUT2D eigenvalue weighted by molar-refractivity contribution is 5.70. The number of benzene rings is 1. The van der Waals surface area contributed by atoms with Crippen molar-refractivity contribution in [2.75, 3.05) is 0 Å². The number of amides is 1. The normalized spacial score (nSPS) is 8.25. The third-order valence-corrected chi connectivity index (χ3v) is 1.17. The van der Waals surface area contributed by atoms with E-state index in [1.807, 2.05) is 0 Å². The van der Waals surface area contributed by atoms with Crippen LogP contribution in [0.25, 0.3) is 0 Å². The molecule has 0 aliphatic heterocycles. The van der Waals surface area contributed by atoms with E-state index in [9.17, 15) is 4.79 Å². The fourth-order valence-corrected chi connectivity index (χ4v) is 0.807. The van der Waals surface area contributed by atoms with Crippen molar-refractivity contribution < 1.29 is 4.79 Å². The average molecular weight is 165 g/mol. The lowest BCUT2D eigenvalue weighted by atomic mass is 10.2. The number of aryl methyl sites for hydroxylation is 2. The lowest BCUT2D eigenvalue weighted by Gasteiger charge is -1.90. The Bertz CT molecular complexity index is 235. The molecule has 0 unspecified atom stereocenters. The Kier molecular flexibility index (Phi) is 4.77. The molecular weight excluding hydrogens is 150 g/mol. The number of hydrogen-bond acceptors (Lipinski definition) is 1. The van der Waals surface area contributed by atoms with Gasteiger partial charge in [0.2, 0.25) is 5.91 Å². The molecule has 12 heavy (non-hydrogen) atoms. The Hall–Kier alpha value is -1.31. The number of nitrogens with two attached hydrogens (primary N) is 1. The molecule has 0 heterocycles. The second-order valence-corrected chi connectivity index (χ2v) is 2.77. The molecule has 66 valence electrons. The summed E-state index contributed by atoms with van der Waals surface area (Å²) in [6, 6.07) is 8.45. The summed E-state index contributed by atoms with van der Waals surface area (Å²) in [6.07, 6.45) is 0. The van der Waals surface area contributed by atoms with E-state index in [0.29, 0.717) is 0 Å². The third kappa shape index (κ3) is 6.81. The Balaban J connectivity index is 0.000000261. The van der Waals surface area contributed by atoms with Crippen molar-refractivity contribution >= 4 is 5.91 Å². The van der Waals surface area contributed by atoms with Crippen LogP contribution in [0, 0.1) is 13.8 Å². The van der Waals surface area contributed by atoms with Crippen LogP contribution in [-0.2, 0) is 4.79 Å². The predicted octanol–water partition coefficient (Wildman–Crippen LogP) is 1.80. The highest BCUT2D eigenvalue weighted by atomic mass is 16.1. The van der Waals surface area contributed by atoms with Crippen molar-refractivity contribution in [1.82, 2.24) is 0 Å². The van der Waals surface area contributed by atoms with Gasteiger partial charge in [-0.15, -0.1) is 0 Å². The molecule has 2 nitrogen and oxygen atoms in total. The summed E-state index contributed by atoms with van der Waals surface area (Å²) in [6.45, 7) is 5.51. The summed E-state index contributed by atoms with van der Waals surface area (Å²) in [5.41, 5.74) is 7.15. The zero-order chi connectivity index (χ0) is 9.56. The summed E-state index contributed by atoms with van der Waals surface area (Å²) >= 11 is 0. The first-order chi connectivity index (χ1) is 5.52. The van der Waals surface area contributed by atoms with Crippen molar-refractivity contribution in [3.8, 4) is 0 Å². The van der Waals surface area contributed by atoms with Gasteiger partial charge in [-0.05, 0) is 13.8 Å². The second-order valence-electron chi connectivity index (χ2n) is 2.77. The quantitative estimate of drug-likeness (QED) is 0.625. The van der Waals surface area contributed by atoms with Gasteiger partial charge in [0.1, 0.15) is 0 Å². The Morgan fingerprint density at radius 3 is 1.75 bits per heavy atom. The second kappa shape index (κ2) is 5.35. The molecule has 0 aliphatic rings. The SMILES string of the molecule is CC(N)=O.Cc1cccc(C)c1. The largest absolute Gasteiger partial charge is 0.370 e. The maximum Gasteiger partial charge on any atom is 0.214 e. The Morgan fingerprint density at radius 2 is 1.58 bits per heavy atom. The van der Waals surface area contributed by atoms with Crippen molar-refractivity contribution in [2.45, 2.75) is 20.8 Å². The lowest BCUT2D eigenvalue weighted by molar-refractivity contribution is -0.115. The van der Waals surface area contributed by atoms with Crippen LogP contribution in [0.5, 0.6) is 0 Å². The molecule has 0 saturated heterocycles. The zero-order valence-corrected chi connectivity index (χ0v) is 7.79. The molecule has 2 heteroatoms. The maximum absolute atomic E-state index is 9.22. The van der Waals surface area contributed by atoms with E-state index in [4.69, 9.17) is 0 Å². The van der Waals surface area contributed by atoms with Gasteiger partial charge < -0.3 is 5.73 Å². The lowest BCUT2D eigenvalue weighted by Crippen LogP contribution is -2.01. The molecule has 0 atom stereocenters. The molecule has 0 fully saturated rings. The van der Waals surface area contributed by atoms with E-state index in [1.165, 1.54) is 18.1 Å². The minimum absolute atomic E-state index is 0.333. The van der Waals surface area contributed by atoms with Crippen LogP contribution in [0.15, 0.2) is 24.3 Å². The topological polar surface area (TPSA) is 43.1 Å². The number of primary amides is 1. The fraction of sp³-hybridized carbons (Fsp3) is 0.300. The summed E-state index contributed by atoms with van der Waals surface area (Å²) in [4.78, 5) is 9.22. The van der Waals surface area contributed by atoms with Gasteiger partial charge in [0.25, 0.3) is 0 Å². The van der Waals surface area contributed by atoms with Crippen LogP contribution < -0.4 is 5.73 Å². The summed E-state index contributed by atoms with van der Waals surface area (Å²) in [7, 11) is 0. The van der Waals surface area contributed by atoms with E-state index in [0.717, 1.165) is 0 Å². The fourth-order valence-electron chi connectivity index (χ4n) is 0.807. The van der Waals surface area contributed by atoms with Gasteiger partial charge in [-0.3, -0.25) is 4.79 Å². The summed E-state index contributed by atoms with van der Waals surface area (Å²) in [5.74, 6) is -0.333. The summed E-state index contributed by atoms with van der Waals surface area (Å²) < 4.78 is 0. The molecule has 1 aromatic rings. The van der Waals surface area contributed by atoms with E-state index >= 15 is 0 Å². The molecule has 0 aromatic heterocycles. The highest BCUT2D eigenvalue weighted by Crippen LogP contribution is 2.00. The molecular formula is C10H15NO.